The minimum atomic E-state index is -0.324. The number of halogens is 1. The van der Waals surface area contributed by atoms with Gasteiger partial charge in [0, 0.05) is 12.1 Å². The summed E-state index contributed by atoms with van der Waals surface area (Å²) in [4.78, 5) is 12.2. The van der Waals surface area contributed by atoms with E-state index in [9.17, 15) is 4.79 Å². The summed E-state index contributed by atoms with van der Waals surface area (Å²) < 4.78 is 5.74. The molecule has 0 saturated carbocycles. The fraction of sp³-hybridized carbons (Fsp3) is 0.136. The number of carbonyl (C=O) groups is 1. The number of cyclic esters (lactones) is 1. The molecule has 0 radical (unpaired) electrons. The summed E-state index contributed by atoms with van der Waals surface area (Å²) >= 11 is 0. The molecule has 26 heavy (non-hydrogen) atoms. The van der Waals surface area contributed by atoms with Gasteiger partial charge in [0.05, 0.1) is 11.6 Å². The Morgan fingerprint density at radius 1 is 0.846 bits per heavy atom. The van der Waals surface area contributed by atoms with Crippen LogP contribution in [0.3, 0.4) is 0 Å². The second-order valence-corrected chi connectivity index (χ2v) is 6.17. The van der Waals surface area contributed by atoms with Gasteiger partial charge in [0.2, 0.25) is 0 Å². The van der Waals surface area contributed by atoms with Gasteiger partial charge in [-0.15, -0.1) is 0 Å². The molecule has 2 unspecified atom stereocenters. The number of fused-ring (bicyclic) bond motifs is 1. The molecule has 0 amide bonds. The van der Waals surface area contributed by atoms with Gasteiger partial charge in [-0.05, 0) is 17.2 Å². The molecule has 1 heterocycles. The van der Waals surface area contributed by atoms with Crippen molar-refractivity contribution in [2.24, 2.45) is 0 Å². The first-order valence-electron chi connectivity index (χ1n) is 8.45. The van der Waals surface area contributed by atoms with Crippen LogP contribution >= 0.6 is 0 Å². The summed E-state index contributed by atoms with van der Waals surface area (Å²) in [6, 6.07) is 27.9. The van der Waals surface area contributed by atoms with E-state index in [0.29, 0.717) is 12.1 Å². The number of carbonyl (C=O) groups excluding carboxylic acids is 1. The molecular weight excluding hydrogens is 346 g/mol. The van der Waals surface area contributed by atoms with Crippen molar-refractivity contribution < 1.29 is 21.9 Å². The lowest BCUT2D eigenvalue weighted by Gasteiger charge is -2.25. The van der Waals surface area contributed by atoms with Gasteiger partial charge in [-0.25, -0.2) is 4.79 Å². The number of hydrogen-bond acceptors (Lipinski definition) is 3. The zero-order chi connectivity index (χ0) is 17.1. The van der Waals surface area contributed by atoms with Gasteiger partial charge in [0.25, 0.3) is 0 Å². The summed E-state index contributed by atoms with van der Waals surface area (Å²) in [5.41, 5.74) is 3.91. The summed E-state index contributed by atoms with van der Waals surface area (Å²) in [5.74, 6) is -0.247. The van der Waals surface area contributed by atoms with Gasteiger partial charge in [-0.3, -0.25) is 0 Å². The smallest absolute Gasteiger partial charge is 0.339 e. The lowest BCUT2D eigenvalue weighted by atomic mass is 9.94. The molecule has 0 bridgehead atoms. The zero-order valence-corrected chi connectivity index (χ0v) is 14.9. The Balaban J connectivity index is 0.00000196. The number of nitrogens with one attached hydrogen (secondary N) is 1. The van der Waals surface area contributed by atoms with Crippen LogP contribution in [0, 0.1) is 0 Å². The van der Waals surface area contributed by atoms with Gasteiger partial charge in [-0.1, -0.05) is 78.9 Å². The Labute approximate surface area is 159 Å². The number of hydrogen-bond donors (Lipinski definition) is 1. The van der Waals surface area contributed by atoms with E-state index >= 15 is 0 Å². The first-order chi connectivity index (χ1) is 12.3. The minimum absolute atomic E-state index is 0. The summed E-state index contributed by atoms with van der Waals surface area (Å²) in [5, 5.41) is 3.58. The highest BCUT2D eigenvalue weighted by Gasteiger charge is 2.36. The Hall–Kier alpha value is -2.62. The van der Waals surface area contributed by atoms with Crippen molar-refractivity contribution in [1.29, 1.82) is 0 Å². The van der Waals surface area contributed by atoms with E-state index in [0.717, 1.165) is 11.1 Å². The first kappa shape index (κ1) is 18.2. The van der Waals surface area contributed by atoms with Crippen LogP contribution in [0.2, 0.25) is 0 Å². The Bertz CT molecular complexity index is 868. The predicted octanol–water partition coefficient (Wildman–Crippen LogP) is 1.43. The lowest BCUT2D eigenvalue weighted by molar-refractivity contribution is -0.0000342. The third-order valence-corrected chi connectivity index (χ3v) is 4.55. The molecular formula is C22H19ClNO2-. The van der Waals surface area contributed by atoms with Crippen LogP contribution in [-0.4, -0.2) is 5.97 Å². The highest BCUT2D eigenvalue weighted by molar-refractivity contribution is 5.94. The van der Waals surface area contributed by atoms with E-state index in [1.54, 1.807) is 0 Å². The molecule has 4 rings (SSSR count). The molecule has 4 heteroatoms. The number of ether oxygens (including phenoxy) is 1. The summed E-state index contributed by atoms with van der Waals surface area (Å²) in [7, 11) is 0. The van der Waals surface area contributed by atoms with Gasteiger partial charge >= 0.3 is 5.97 Å². The monoisotopic (exact) mass is 364 g/mol. The van der Waals surface area contributed by atoms with Gasteiger partial charge in [0.15, 0.2) is 0 Å². The molecule has 0 aliphatic carbocycles. The molecule has 3 nitrogen and oxygen atoms in total. The van der Waals surface area contributed by atoms with Crippen LogP contribution in [0.25, 0.3) is 0 Å². The van der Waals surface area contributed by atoms with E-state index in [1.165, 1.54) is 5.56 Å². The Morgan fingerprint density at radius 3 is 2.19 bits per heavy atom. The molecule has 2 atom stereocenters. The topological polar surface area (TPSA) is 38.3 Å². The Morgan fingerprint density at radius 2 is 1.46 bits per heavy atom. The van der Waals surface area contributed by atoms with Crippen molar-refractivity contribution >= 4 is 5.97 Å². The second-order valence-electron chi connectivity index (χ2n) is 6.17. The predicted molar refractivity (Wildman–Crippen MR) is 97.1 cm³/mol. The fourth-order valence-electron chi connectivity index (χ4n) is 3.30. The van der Waals surface area contributed by atoms with E-state index in [1.807, 2.05) is 60.7 Å². The van der Waals surface area contributed by atoms with E-state index in [2.05, 4.69) is 29.6 Å². The van der Waals surface area contributed by atoms with Crippen LogP contribution in [0.1, 0.15) is 39.2 Å². The van der Waals surface area contributed by atoms with Gasteiger partial charge in [-0.2, -0.15) is 0 Å². The Kier molecular flexibility index (Phi) is 5.71. The van der Waals surface area contributed by atoms with Crippen LogP contribution in [-0.2, 0) is 11.3 Å². The van der Waals surface area contributed by atoms with E-state index in [-0.39, 0.29) is 30.5 Å². The van der Waals surface area contributed by atoms with Gasteiger partial charge < -0.3 is 22.5 Å². The molecule has 0 fully saturated rings. The third kappa shape index (κ3) is 3.64. The molecule has 3 aromatic rings. The van der Waals surface area contributed by atoms with E-state index in [4.69, 9.17) is 4.74 Å². The molecule has 3 aromatic carbocycles. The van der Waals surface area contributed by atoms with Crippen molar-refractivity contribution in [3.63, 3.8) is 0 Å². The molecule has 0 saturated heterocycles. The average molecular weight is 365 g/mol. The van der Waals surface area contributed by atoms with Crippen LogP contribution < -0.4 is 17.7 Å². The maximum atomic E-state index is 12.2. The molecule has 0 spiro atoms. The van der Waals surface area contributed by atoms with Crippen molar-refractivity contribution in [1.82, 2.24) is 5.32 Å². The minimum Gasteiger partial charge on any atom is -1.00 e. The fourth-order valence-corrected chi connectivity index (χ4v) is 3.30. The second kappa shape index (κ2) is 8.17. The standard InChI is InChI=1S/C22H19NO2.ClH/c24-22-19-14-8-7-13-18(19)21(25-22)20(17-11-5-2-6-12-17)23-15-16-9-3-1-4-10-16;/h1-14,20-21,23H,15H2;1H/p-1. The quantitative estimate of drug-likeness (QED) is 0.696. The normalized spacial score (nSPS) is 16.3. The van der Waals surface area contributed by atoms with Crippen molar-refractivity contribution in [2.75, 3.05) is 0 Å². The molecule has 1 aliphatic rings. The molecule has 1 N–H and O–H groups in total. The molecule has 132 valence electrons. The highest BCUT2D eigenvalue weighted by atomic mass is 35.5. The highest BCUT2D eigenvalue weighted by Crippen LogP contribution is 2.39. The molecule has 1 aliphatic heterocycles. The van der Waals surface area contributed by atoms with Crippen LogP contribution in [0.15, 0.2) is 84.9 Å². The molecule has 0 aromatic heterocycles. The van der Waals surface area contributed by atoms with Crippen LogP contribution in [0.5, 0.6) is 0 Å². The SMILES string of the molecule is O=C1OC(C(NCc2ccccc2)c2ccccc2)c2ccccc21.[Cl-]. The average Bonchev–Trinajstić information content (AvgIpc) is 3.01. The maximum Gasteiger partial charge on any atom is 0.339 e. The van der Waals surface area contributed by atoms with Crippen molar-refractivity contribution in [3.05, 3.63) is 107 Å². The number of esters is 1. The maximum absolute atomic E-state index is 12.2. The number of rotatable bonds is 5. The first-order valence-corrected chi connectivity index (χ1v) is 8.45. The number of benzene rings is 3. The summed E-state index contributed by atoms with van der Waals surface area (Å²) in [6.45, 7) is 0.705. The van der Waals surface area contributed by atoms with Crippen molar-refractivity contribution in [2.45, 2.75) is 18.7 Å². The lowest BCUT2D eigenvalue weighted by Crippen LogP contribution is -3.00. The zero-order valence-electron chi connectivity index (χ0n) is 14.1. The van der Waals surface area contributed by atoms with Crippen LogP contribution in [0.4, 0.5) is 0 Å². The van der Waals surface area contributed by atoms with E-state index < -0.39 is 0 Å². The third-order valence-electron chi connectivity index (χ3n) is 4.55. The van der Waals surface area contributed by atoms with Crippen molar-refractivity contribution in [3.8, 4) is 0 Å². The summed E-state index contributed by atoms with van der Waals surface area (Å²) in [6.07, 6.45) is -0.324. The largest absolute Gasteiger partial charge is 1.00 e. The van der Waals surface area contributed by atoms with Gasteiger partial charge in [0.1, 0.15) is 6.10 Å².